The molecule has 0 unspecified atom stereocenters. The number of furan rings is 1. The van der Waals surface area contributed by atoms with Gasteiger partial charge in [-0.25, -0.2) is 0 Å². The van der Waals surface area contributed by atoms with Crippen LogP contribution in [0.3, 0.4) is 0 Å². The molecule has 24 heavy (non-hydrogen) atoms. The second-order valence-corrected chi connectivity index (χ2v) is 5.59. The van der Waals surface area contributed by atoms with E-state index in [1.807, 2.05) is 30.3 Å². The first kappa shape index (κ1) is 15.9. The van der Waals surface area contributed by atoms with Gasteiger partial charge in [-0.3, -0.25) is 4.79 Å². The number of hydrogen-bond donors (Lipinski definition) is 0. The van der Waals surface area contributed by atoms with Crippen LogP contribution in [0.5, 0.6) is 5.75 Å². The number of rotatable bonds is 5. The molecule has 0 aliphatic rings. The number of carbonyl (C=O) groups excluding carboxylic acids is 1. The third-order valence-corrected chi connectivity index (χ3v) is 3.84. The van der Waals surface area contributed by atoms with Gasteiger partial charge >= 0.3 is 0 Å². The van der Waals surface area contributed by atoms with E-state index in [2.05, 4.69) is 6.07 Å². The summed E-state index contributed by atoms with van der Waals surface area (Å²) in [6.45, 7) is 0.545. The van der Waals surface area contributed by atoms with Crippen molar-refractivity contribution in [1.82, 2.24) is 4.90 Å². The zero-order chi connectivity index (χ0) is 16.9. The van der Waals surface area contributed by atoms with Crippen LogP contribution in [-0.2, 0) is 11.3 Å². The lowest BCUT2D eigenvalue weighted by atomic mass is 10.1. The van der Waals surface area contributed by atoms with Gasteiger partial charge in [-0.2, -0.15) is 0 Å². The first-order valence-electron chi connectivity index (χ1n) is 7.69. The number of carbonyl (C=O) groups is 1. The largest absolute Gasteiger partial charge is 0.497 e. The van der Waals surface area contributed by atoms with Crippen LogP contribution < -0.4 is 4.74 Å². The maximum Gasteiger partial charge on any atom is 0.246 e. The Morgan fingerprint density at radius 2 is 1.96 bits per heavy atom. The predicted octanol–water partition coefficient (Wildman–Crippen LogP) is 4.11. The second kappa shape index (κ2) is 7.04. The Balaban J connectivity index is 1.70. The Morgan fingerprint density at radius 1 is 1.17 bits per heavy atom. The van der Waals surface area contributed by atoms with E-state index >= 15 is 0 Å². The molecular formula is C20H19NO3. The summed E-state index contributed by atoms with van der Waals surface area (Å²) in [6.07, 6.45) is 4.77. The average molecular weight is 321 g/mol. The summed E-state index contributed by atoms with van der Waals surface area (Å²) in [4.78, 5) is 13.8. The van der Waals surface area contributed by atoms with E-state index in [-0.39, 0.29) is 5.91 Å². The van der Waals surface area contributed by atoms with E-state index in [9.17, 15) is 4.79 Å². The smallest absolute Gasteiger partial charge is 0.246 e. The number of likely N-dealkylation sites (N-methyl/N-ethyl adjacent to an activating group) is 1. The Morgan fingerprint density at radius 3 is 2.71 bits per heavy atom. The first-order valence-corrected chi connectivity index (χ1v) is 7.69. The summed E-state index contributed by atoms with van der Waals surface area (Å²) in [5.74, 6) is 1.43. The van der Waals surface area contributed by atoms with Crippen molar-refractivity contribution in [2.24, 2.45) is 0 Å². The minimum absolute atomic E-state index is 0.0683. The maximum absolute atomic E-state index is 12.2. The number of benzene rings is 2. The van der Waals surface area contributed by atoms with Crippen molar-refractivity contribution < 1.29 is 13.9 Å². The van der Waals surface area contributed by atoms with Gasteiger partial charge in [0.1, 0.15) is 11.5 Å². The highest BCUT2D eigenvalue weighted by molar-refractivity contribution is 5.91. The maximum atomic E-state index is 12.2. The van der Waals surface area contributed by atoms with Crippen LogP contribution >= 0.6 is 0 Å². The molecule has 2 aromatic carbocycles. The molecule has 4 heteroatoms. The van der Waals surface area contributed by atoms with Gasteiger partial charge in [0.05, 0.1) is 13.4 Å². The molecule has 0 aliphatic carbocycles. The van der Waals surface area contributed by atoms with Crippen molar-refractivity contribution in [3.8, 4) is 5.75 Å². The monoisotopic (exact) mass is 321 g/mol. The number of nitrogens with zero attached hydrogens (tertiary/aromatic N) is 1. The highest BCUT2D eigenvalue weighted by Gasteiger charge is 2.07. The molecule has 0 bridgehead atoms. The highest BCUT2D eigenvalue weighted by atomic mass is 16.5. The summed E-state index contributed by atoms with van der Waals surface area (Å²) >= 11 is 0. The molecule has 0 radical (unpaired) electrons. The lowest BCUT2D eigenvalue weighted by Gasteiger charge is -2.15. The highest BCUT2D eigenvalue weighted by Crippen LogP contribution is 2.22. The van der Waals surface area contributed by atoms with Crippen molar-refractivity contribution in [3.05, 3.63) is 72.2 Å². The lowest BCUT2D eigenvalue weighted by molar-refractivity contribution is -0.125. The SMILES string of the molecule is COc1ccc2cc(CN(C)C(=O)/C=C/c3ccco3)ccc2c1. The van der Waals surface area contributed by atoms with Crippen molar-refractivity contribution in [3.63, 3.8) is 0 Å². The molecule has 0 saturated heterocycles. The topological polar surface area (TPSA) is 42.7 Å². The van der Waals surface area contributed by atoms with E-state index < -0.39 is 0 Å². The van der Waals surface area contributed by atoms with Gasteiger partial charge < -0.3 is 14.1 Å². The molecule has 3 aromatic rings. The molecule has 0 fully saturated rings. The normalized spacial score (nSPS) is 11.1. The van der Waals surface area contributed by atoms with Gasteiger partial charge in [-0.05, 0) is 52.7 Å². The number of ether oxygens (including phenoxy) is 1. The second-order valence-electron chi connectivity index (χ2n) is 5.59. The lowest BCUT2D eigenvalue weighted by Crippen LogP contribution is -2.24. The Hall–Kier alpha value is -3.01. The minimum atomic E-state index is -0.0683. The van der Waals surface area contributed by atoms with Gasteiger partial charge in [-0.15, -0.1) is 0 Å². The van der Waals surface area contributed by atoms with Crippen LogP contribution in [0.15, 0.2) is 65.3 Å². The molecule has 0 aliphatic heterocycles. The zero-order valence-corrected chi connectivity index (χ0v) is 13.7. The van der Waals surface area contributed by atoms with E-state index in [1.165, 1.54) is 6.08 Å². The molecule has 3 rings (SSSR count). The Labute approximate surface area is 140 Å². The van der Waals surface area contributed by atoms with Crippen LogP contribution in [0.1, 0.15) is 11.3 Å². The average Bonchev–Trinajstić information content (AvgIpc) is 3.12. The van der Waals surface area contributed by atoms with E-state index in [0.717, 1.165) is 22.1 Å². The standard InChI is InChI=1S/C20H19NO3/c1-21(20(22)10-9-18-4-3-11-24-18)14-15-5-6-17-13-19(23-2)8-7-16(17)12-15/h3-13H,14H2,1-2H3/b10-9+. The minimum Gasteiger partial charge on any atom is -0.497 e. The van der Waals surface area contributed by atoms with Crippen LogP contribution in [0.25, 0.3) is 16.8 Å². The number of hydrogen-bond acceptors (Lipinski definition) is 3. The van der Waals surface area contributed by atoms with Gasteiger partial charge in [0, 0.05) is 19.7 Å². The third kappa shape index (κ3) is 3.66. The molecule has 1 heterocycles. The summed E-state index contributed by atoms with van der Waals surface area (Å²) in [5, 5.41) is 2.24. The predicted molar refractivity (Wildman–Crippen MR) is 94.7 cm³/mol. The molecule has 0 saturated carbocycles. The van der Waals surface area contributed by atoms with Gasteiger partial charge in [0.15, 0.2) is 0 Å². The first-order chi connectivity index (χ1) is 11.7. The van der Waals surface area contributed by atoms with Gasteiger partial charge in [-0.1, -0.05) is 18.2 Å². The third-order valence-electron chi connectivity index (χ3n) is 3.84. The van der Waals surface area contributed by atoms with Gasteiger partial charge in [0.25, 0.3) is 0 Å². The summed E-state index contributed by atoms with van der Waals surface area (Å²) in [5.41, 5.74) is 1.08. The van der Waals surface area contributed by atoms with Crippen molar-refractivity contribution >= 4 is 22.8 Å². The summed E-state index contributed by atoms with van der Waals surface area (Å²) in [6, 6.07) is 15.7. The Bertz CT molecular complexity index is 866. The fourth-order valence-corrected chi connectivity index (χ4v) is 2.52. The van der Waals surface area contributed by atoms with E-state index in [1.54, 1.807) is 43.5 Å². The van der Waals surface area contributed by atoms with Crippen LogP contribution in [0.2, 0.25) is 0 Å². The molecule has 0 N–H and O–H groups in total. The fourth-order valence-electron chi connectivity index (χ4n) is 2.52. The molecule has 1 amide bonds. The fraction of sp³-hybridized carbons (Fsp3) is 0.150. The summed E-state index contributed by atoms with van der Waals surface area (Å²) < 4.78 is 10.4. The van der Waals surface area contributed by atoms with Gasteiger partial charge in [0.2, 0.25) is 5.91 Å². The molecular weight excluding hydrogens is 302 g/mol. The molecule has 122 valence electrons. The molecule has 1 aromatic heterocycles. The zero-order valence-electron chi connectivity index (χ0n) is 13.7. The van der Waals surface area contributed by atoms with Crippen molar-refractivity contribution in [2.45, 2.75) is 6.54 Å². The van der Waals surface area contributed by atoms with E-state index in [0.29, 0.717) is 12.3 Å². The Kier molecular flexibility index (Phi) is 4.66. The summed E-state index contributed by atoms with van der Waals surface area (Å²) in [7, 11) is 3.44. The van der Waals surface area contributed by atoms with Crippen LogP contribution in [0.4, 0.5) is 0 Å². The number of methoxy groups -OCH3 is 1. The quantitative estimate of drug-likeness (QED) is 0.664. The van der Waals surface area contributed by atoms with E-state index in [4.69, 9.17) is 9.15 Å². The molecule has 0 spiro atoms. The van der Waals surface area contributed by atoms with Crippen LogP contribution in [-0.4, -0.2) is 25.0 Å². The molecule has 0 atom stereocenters. The molecule has 4 nitrogen and oxygen atoms in total. The van der Waals surface area contributed by atoms with Crippen molar-refractivity contribution in [1.29, 1.82) is 0 Å². The van der Waals surface area contributed by atoms with Crippen LogP contribution in [0, 0.1) is 0 Å². The number of amides is 1. The number of fused-ring (bicyclic) bond motifs is 1. The van der Waals surface area contributed by atoms with Crippen molar-refractivity contribution in [2.75, 3.05) is 14.2 Å².